The minimum Gasteiger partial charge on any atom is -0.350 e. The normalized spacial score (nSPS) is 17.4. The predicted octanol–water partition coefficient (Wildman–Crippen LogP) is 2.20. The highest BCUT2D eigenvalue weighted by Crippen LogP contribution is 2.28. The molecule has 1 aromatic carbocycles. The molecule has 92 valence electrons. The maximum atomic E-state index is 13.2. The van der Waals surface area contributed by atoms with Crippen molar-refractivity contribution in [3.05, 3.63) is 34.1 Å². The minimum absolute atomic E-state index is 0.192. The van der Waals surface area contributed by atoms with Crippen molar-refractivity contribution >= 4 is 21.8 Å². The van der Waals surface area contributed by atoms with Gasteiger partial charge in [-0.2, -0.15) is 0 Å². The fraction of sp³-hybridized carbons (Fsp3) is 0.417. The number of rotatable bonds is 3. The molecule has 0 radical (unpaired) electrons. The van der Waals surface area contributed by atoms with Crippen molar-refractivity contribution < 1.29 is 9.18 Å². The highest BCUT2D eigenvalue weighted by molar-refractivity contribution is 9.10. The van der Waals surface area contributed by atoms with E-state index < -0.39 is 5.82 Å². The van der Waals surface area contributed by atoms with Gasteiger partial charge in [0.1, 0.15) is 5.82 Å². The fourth-order valence-corrected chi connectivity index (χ4v) is 2.28. The second-order valence-corrected chi connectivity index (χ2v) is 5.29. The smallest absolute Gasteiger partial charge is 0.252 e. The van der Waals surface area contributed by atoms with Gasteiger partial charge in [-0.1, -0.05) is 6.07 Å². The first kappa shape index (κ1) is 12.5. The van der Waals surface area contributed by atoms with Crippen LogP contribution in [0.2, 0.25) is 0 Å². The zero-order chi connectivity index (χ0) is 12.5. The van der Waals surface area contributed by atoms with E-state index in [9.17, 15) is 9.18 Å². The zero-order valence-corrected chi connectivity index (χ0v) is 10.9. The maximum absolute atomic E-state index is 13.2. The quantitative estimate of drug-likeness (QED) is 0.899. The molecule has 1 fully saturated rings. The molecular formula is C12H14BrFN2O. The molecule has 3 N–H and O–H groups in total. The van der Waals surface area contributed by atoms with Gasteiger partial charge in [0.05, 0.1) is 10.0 Å². The monoisotopic (exact) mass is 300 g/mol. The Morgan fingerprint density at radius 1 is 1.53 bits per heavy atom. The summed E-state index contributed by atoms with van der Waals surface area (Å²) in [6, 6.07) is 4.39. The van der Waals surface area contributed by atoms with Gasteiger partial charge in [-0.15, -0.1) is 0 Å². The van der Waals surface area contributed by atoms with Gasteiger partial charge >= 0.3 is 0 Å². The number of hydrogen-bond donors (Lipinski definition) is 2. The van der Waals surface area contributed by atoms with E-state index in [1.807, 2.05) is 0 Å². The Kier molecular flexibility index (Phi) is 3.49. The number of halogens is 2. The van der Waals surface area contributed by atoms with Crippen molar-refractivity contribution in [2.75, 3.05) is 6.54 Å². The molecule has 0 spiro atoms. The third-order valence-electron chi connectivity index (χ3n) is 3.15. The van der Waals surface area contributed by atoms with Crippen LogP contribution in [-0.2, 0) is 0 Å². The average molecular weight is 301 g/mol. The molecule has 1 saturated carbocycles. The Morgan fingerprint density at radius 3 is 2.82 bits per heavy atom. The number of benzene rings is 1. The largest absolute Gasteiger partial charge is 0.350 e. The van der Waals surface area contributed by atoms with Crippen LogP contribution in [0.4, 0.5) is 4.39 Å². The van der Waals surface area contributed by atoms with Crippen molar-refractivity contribution in [1.82, 2.24) is 5.32 Å². The van der Waals surface area contributed by atoms with E-state index in [0.29, 0.717) is 12.1 Å². The van der Waals surface area contributed by atoms with E-state index >= 15 is 0 Å². The summed E-state index contributed by atoms with van der Waals surface area (Å²) in [7, 11) is 0. The van der Waals surface area contributed by atoms with Crippen molar-refractivity contribution in [2.24, 2.45) is 5.73 Å². The van der Waals surface area contributed by atoms with Crippen LogP contribution in [0.1, 0.15) is 29.6 Å². The maximum Gasteiger partial charge on any atom is 0.252 e. The van der Waals surface area contributed by atoms with Crippen molar-refractivity contribution in [2.45, 2.75) is 24.8 Å². The fourth-order valence-electron chi connectivity index (χ4n) is 1.84. The van der Waals surface area contributed by atoms with Crippen LogP contribution >= 0.6 is 15.9 Å². The number of carbonyl (C=O) groups excluding carboxylic acids is 1. The van der Waals surface area contributed by atoms with Crippen LogP contribution in [0.5, 0.6) is 0 Å². The highest BCUT2D eigenvalue weighted by Gasteiger charge is 2.32. The Labute approximate surface area is 108 Å². The lowest BCUT2D eigenvalue weighted by Crippen LogP contribution is -2.54. The van der Waals surface area contributed by atoms with E-state index in [0.717, 1.165) is 19.3 Å². The van der Waals surface area contributed by atoms with E-state index in [-0.39, 0.29) is 15.9 Å². The molecule has 0 heterocycles. The average Bonchev–Trinajstić information content (AvgIpc) is 2.27. The van der Waals surface area contributed by atoms with Crippen molar-refractivity contribution in [3.8, 4) is 0 Å². The molecule has 1 aromatic rings. The number of hydrogen-bond acceptors (Lipinski definition) is 2. The van der Waals surface area contributed by atoms with Crippen molar-refractivity contribution in [1.29, 1.82) is 0 Å². The first-order chi connectivity index (χ1) is 8.02. The number of nitrogens with two attached hydrogens (primary N) is 1. The summed E-state index contributed by atoms with van der Waals surface area (Å²) in [5.74, 6) is -0.739. The second kappa shape index (κ2) is 4.74. The van der Waals surface area contributed by atoms with Crippen LogP contribution in [-0.4, -0.2) is 18.0 Å². The molecular weight excluding hydrogens is 287 g/mol. The molecule has 1 aliphatic rings. The van der Waals surface area contributed by atoms with Crippen LogP contribution in [0, 0.1) is 5.82 Å². The lowest BCUT2D eigenvalue weighted by atomic mass is 9.78. The van der Waals surface area contributed by atoms with E-state index in [1.54, 1.807) is 6.07 Å². The molecule has 17 heavy (non-hydrogen) atoms. The highest BCUT2D eigenvalue weighted by atomic mass is 79.9. The summed E-state index contributed by atoms with van der Waals surface area (Å²) in [6.07, 6.45) is 2.96. The summed E-state index contributed by atoms with van der Waals surface area (Å²) >= 11 is 3.07. The number of carbonyl (C=O) groups is 1. The second-order valence-electron chi connectivity index (χ2n) is 4.50. The van der Waals surface area contributed by atoms with Gasteiger partial charge in [-0.3, -0.25) is 4.79 Å². The summed E-state index contributed by atoms with van der Waals surface area (Å²) in [6.45, 7) is 0.439. The van der Waals surface area contributed by atoms with Gasteiger partial charge in [0.25, 0.3) is 5.91 Å². The molecule has 0 aromatic heterocycles. The number of amides is 1. The Bertz CT molecular complexity index is 446. The summed E-state index contributed by atoms with van der Waals surface area (Å²) in [5.41, 5.74) is 6.03. The molecule has 0 bridgehead atoms. The first-order valence-corrected chi connectivity index (χ1v) is 6.32. The lowest BCUT2D eigenvalue weighted by molar-refractivity contribution is 0.0928. The minimum atomic E-state index is -0.441. The van der Waals surface area contributed by atoms with Gasteiger partial charge in [0, 0.05) is 12.1 Å². The Morgan fingerprint density at radius 2 is 2.24 bits per heavy atom. The third-order valence-corrected chi connectivity index (χ3v) is 3.95. The molecule has 3 nitrogen and oxygen atoms in total. The molecule has 0 atom stereocenters. The molecule has 1 aliphatic carbocycles. The first-order valence-electron chi connectivity index (χ1n) is 5.53. The van der Waals surface area contributed by atoms with Gasteiger partial charge in [0.15, 0.2) is 0 Å². The predicted molar refractivity (Wildman–Crippen MR) is 67.2 cm³/mol. The van der Waals surface area contributed by atoms with Gasteiger partial charge < -0.3 is 11.1 Å². The molecule has 2 rings (SSSR count). The Hall–Kier alpha value is -0.940. The van der Waals surface area contributed by atoms with E-state index in [4.69, 9.17) is 5.73 Å². The van der Waals surface area contributed by atoms with Gasteiger partial charge in [0.2, 0.25) is 0 Å². The molecule has 5 heteroatoms. The zero-order valence-electron chi connectivity index (χ0n) is 9.30. The standard InChI is InChI=1S/C12H14BrFN2O/c13-10-8(3-1-4-9(10)14)11(17)16-7-12(15)5-2-6-12/h1,3-4H,2,5-7,15H2,(H,16,17). The Balaban J connectivity index is 2.02. The van der Waals surface area contributed by atoms with Crippen LogP contribution in [0.15, 0.2) is 22.7 Å². The SMILES string of the molecule is NC1(CNC(=O)c2cccc(F)c2Br)CCC1. The van der Waals surface area contributed by atoms with Crippen LogP contribution in [0.3, 0.4) is 0 Å². The number of nitrogens with one attached hydrogen (secondary N) is 1. The lowest BCUT2D eigenvalue weighted by Gasteiger charge is -2.38. The molecule has 1 amide bonds. The van der Waals surface area contributed by atoms with Gasteiger partial charge in [-0.05, 0) is 47.3 Å². The van der Waals surface area contributed by atoms with E-state index in [1.165, 1.54) is 12.1 Å². The third kappa shape index (κ3) is 2.66. The van der Waals surface area contributed by atoms with Crippen LogP contribution < -0.4 is 11.1 Å². The molecule has 0 unspecified atom stereocenters. The van der Waals surface area contributed by atoms with Crippen LogP contribution in [0.25, 0.3) is 0 Å². The van der Waals surface area contributed by atoms with E-state index in [2.05, 4.69) is 21.2 Å². The summed E-state index contributed by atoms with van der Waals surface area (Å²) in [5, 5.41) is 2.75. The van der Waals surface area contributed by atoms with Crippen molar-refractivity contribution in [3.63, 3.8) is 0 Å². The summed E-state index contributed by atoms with van der Waals surface area (Å²) in [4.78, 5) is 11.8. The topological polar surface area (TPSA) is 55.1 Å². The van der Waals surface area contributed by atoms with Gasteiger partial charge in [-0.25, -0.2) is 4.39 Å². The molecule has 0 saturated heterocycles. The summed E-state index contributed by atoms with van der Waals surface area (Å²) < 4.78 is 13.4. The molecule has 0 aliphatic heterocycles.